The maximum Gasteiger partial charge on any atom is 0.119 e. The predicted molar refractivity (Wildman–Crippen MR) is 124 cm³/mol. The largest absolute Gasteiger partial charge is 0.492 e. The van der Waals surface area contributed by atoms with Gasteiger partial charge in [0, 0.05) is 6.54 Å². The monoisotopic (exact) mass is 396 g/mol. The van der Waals surface area contributed by atoms with E-state index in [0.717, 1.165) is 35.4 Å². The van der Waals surface area contributed by atoms with Crippen molar-refractivity contribution in [2.45, 2.75) is 13.3 Å². The van der Waals surface area contributed by atoms with Crippen LogP contribution in [0.5, 0.6) is 5.75 Å². The molecule has 3 aromatic carbocycles. The second-order valence-corrected chi connectivity index (χ2v) is 7.44. The molecule has 0 spiro atoms. The molecule has 0 aliphatic rings. The van der Waals surface area contributed by atoms with Crippen molar-refractivity contribution in [3.05, 3.63) is 101 Å². The molecule has 0 aliphatic carbocycles. The Kier molecular flexibility index (Phi) is 7.43. The van der Waals surface area contributed by atoms with Gasteiger partial charge in [-0.2, -0.15) is 5.26 Å². The van der Waals surface area contributed by atoms with Crippen molar-refractivity contribution in [3.8, 4) is 11.8 Å². The number of allylic oxidation sites excluding steroid dienone is 1. The van der Waals surface area contributed by atoms with Gasteiger partial charge in [-0.05, 0) is 72.6 Å². The fourth-order valence-corrected chi connectivity index (χ4v) is 3.49. The van der Waals surface area contributed by atoms with Crippen LogP contribution in [0.15, 0.2) is 78.9 Å². The van der Waals surface area contributed by atoms with Gasteiger partial charge in [-0.25, -0.2) is 0 Å². The average molecular weight is 397 g/mol. The Morgan fingerprint density at radius 3 is 2.20 bits per heavy atom. The number of likely N-dealkylation sites (N-methyl/N-ethyl adjacent to an activating group) is 1. The molecule has 0 aromatic heterocycles. The number of hydrogen-bond donors (Lipinski definition) is 0. The third-order valence-electron chi connectivity index (χ3n) is 5.01. The zero-order chi connectivity index (χ0) is 21.3. The summed E-state index contributed by atoms with van der Waals surface area (Å²) in [6.07, 6.45) is 0.886. The minimum Gasteiger partial charge on any atom is -0.492 e. The van der Waals surface area contributed by atoms with Gasteiger partial charge < -0.3 is 9.64 Å². The first-order valence-electron chi connectivity index (χ1n) is 10.3. The first-order chi connectivity index (χ1) is 14.6. The smallest absolute Gasteiger partial charge is 0.119 e. The lowest BCUT2D eigenvalue weighted by Crippen LogP contribution is -2.19. The van der Waals surface area contributed by atoms with Gasteiger partial charge in [0.1, 0.15) is 12.4 Å². The van der Waals surface area contributed by atoms with E-state index in [1.54, 1.807) is 0 Å². The van der Waals surface area contributed by atoms with E-state index in [2.05, 4.69) is 60.4 Å². The summed E-state index contributed by atoms with van der Waals surface area (Å²) < 4.78 is 5.86. The maximum absolute atomic E-state index is 9.40. The first-order valence-corrected chi connectivity index (χ1v) is 10.3. The highest BCUT2D eigenvalue weighted by molar-refractivity contribution is 5.98. The lowest BCUT2D eigenvalue weighted by atomic mass is 9.87. The molecule has 0 amide bonds. The number of benzene rings is 3. The van der Waals surface area contributed by atoms with Gasteiger partial charge in [-0.15, -0.1) is 0 Å². The standard InChI is InChI=1S/C27H28N2O/c1-4-26(22-10-6-5-7-11-22)27(24-12-8-9-21(19-24)20-28)23-13-15-25(16-14-23)30-18-17-29(2)3/h5-16,19H,4,17-18H2,1-3H3/b27-26+. The molecule has 0 fully saturated rings. The highest BCUT2D eigenvalue weighted by Crippen LogP contribution is 2.35. The van der Waals surface area contributed by atoms with Crippen LogP contribution in [-0.4, -0.2) is 32.1 Å². The zero-order valence-corrected chi connectivity index (χ0v) is 17.9. The summed E-state index contributed by atoms with van der Waals surface area (Å²) in [5.41, 5.74) is 6.44. The molecule has 0 bridgehead atoms. The van der Waals surface area contributed by atoms with Crippen molar-refractivity contribution in [2.75, 3.05) is 27.2 Å². The van der Waals surface area contributed by atoms with Gasteiger partial charge in [0.05, 0.1) is 11.6 Å². The van der Waals surface area contributed by atoms with Crippen LogP contribution in [0.4, 0.5) is 0 Å². The molecular weight excluding hydrogens is 368 g/mol. The van der Waals surface area contributed by atoms with Crippen LogP contribution in [0.1, 0.15) is 35.6 Å². The summed E-state index contributed by atoms with van der Waals surface area (Å²) in [4.78, 5) is 2.10. The van der Waals surface area contributed by atoms with E-state index in [1.807, 2.05) is 50.5 Å². The van der Waals surface area contributed by atoms with E-state index in [-0.39, 0.29) is 0 Å². The molecule has 0 aliphatic heterocycles. The fraction of sp³-hybridized carbons (Fsp3) is 0.222. The molecule has 3 aromatic rings. The van der Waals surface area contributed by atoms with Crippen LogP contribution in [-0.2, 0) is 0 Å². The lowest BCUT2D eigenvalue weighted by molar-refractivity contribution is 0.261. The fourth-order valence-electron chi connectivity index (χ4n) is 3.49. The second kappa shape index (κ2) is 10.4. The molecule has 0 N–H and O–H groups in total. The molecule has 0 heterocycles. The van der Waals surface area contributed by atoms with Crippen molar-refractivity contribution in [1.29, 1.82) is 5.26 Å². The van der Waals surface area contributed by atoms with E-state index >= 15 is 0 Å². The number of nitriles is 1. The molecule has 3 rings (SSSR count). The van der Waals surface area contributed by atoms with Crippen LogP contribution >= 0.6 is 0 Å². The summed E-state index contributed by atoms with van der Waals surface area (Å²) in [6.45, 7) is 3.71. The van der Waals surface area contributed by atoms with Gasteiger partial charge in [-0.3, -0.25) is 0 Å². The maximum atomic E-state index is 9.40. The molecule has 3 heteroatoms. The Morgan fingerprint density at radius 2 is 1.57 bits per heavy atom. The summed E-state index contributed by atoms with van der Waals surface area (Å²) in [5.74, 6) is 0.864. The van der Waals surface area contributed by atoms with Crippen molar-refractivity contribution in [3.63, 3.8) is 0 Å². The van der Waals surface area contributed by atoms with E-state index in [4.69, 9.17) is 4.74 Å². The Bertz CT molecular complexity index is 1030. The number of nitrogens with zero attached hydrogens (tertiary/aromatic N) is 2. The Hall–Kier alpha value is -3.35. The van der Waals surface area contributed by atoms with Crippen LogP contribution in [0.25, 0.3) is 11.1 Å². The zero-order valence-electron chi connectivity index (χ0n) is 17.9. The highest BCUT2D eigenvalue weighted by atomic mass is 16.5. The third kappa shape index (κ3) is 5.37. The Morgan fingerprint density at radius 1 is 0.867 bits per heavy atom. The van der Waals surface area contributed by atoms with Crippen LogP contribution in [0, 0.1) is 11.3 Å². The molecular formula is C27H28N2O. The molecule has 0 radical (unpaired) electrons. The Labute approximate surface area is 179 Å². The average Bonchev–Trinajstić information content (AvgIpc) is 2.78. The predicted octanol–water partition coefficient (Wildman–Crippen LogP) is 5.87. The van der Waals surface area contributed by atoms with Gasteiger partial charge in [0.25, 0.3) is 0 Å². The SMILES string of the molecule is CC/C(=C(/c1ccc(OCCN(C)C)cc1)c1cccc(C#N)c1)c1ccccc1. The number of ether oxygens (including phenoxy) is 1. The van der Waals surface area contributed by atoms with Crippen molar-refractivity contribution in [1.82, 2.24) is 4.90 Å². The van der Waals surface area contributed by atoms with Crippen molar-refractivity contribution in [2.24, 2.45) is 0 Å². The quantitative estimate of drug-likeness (QED) is 0.447. The summed E-state index contributed by atoms with van der Waals surface area (Å²) in [6, 6.07) is 28.8. The van der Waals surface area contributed by atoms with Gasteiger partial charge in [0.15, 0.2) is 0 Å². The molecule has 0 unspecified atom stereocenters. The third-order valence-corrected chi connectivity index (χ3v) is 5.01. The summed E-state index contributed by atoms with van der Waals surface area (Å²) in [5, 5.41) is 9.40. The van der Waals surface area contributed by atoms with E-state index in [1.165, 1.54) is 11.1 Å². The lowest BCUT2D eigenvalue weighted by Gasteiger charge is -2.17. The van der Waals surface area contributed by atoms with Gasteiger partial charge >= 0.3 is 0 Å². The first kappa shape index (κ1) is 21.4. The molecule has 152 valence electrons. The second-order valence-electron chi connectivity index (χ2n) is 7.44. The van der Waals surface area contributed by atoms with E-state index in [0.29, 0.717) is 12.2 Å². The Balaban J connectivity index is 2.06. The van der Waals surface area contributed by atoms with Crippen LogP contribution in [0.2, 0.25) is 0 Å². The van der Waals surface area contributed by atoms with Crippen molar-refractivity contribution >= 4 is 11.1 Å². The molecule has 0 atom stereocenters. The molecule has 0 saturated carbocycles. The molecule has 0 saturated heterocycles. The minimum atomic E-state index is 0.656. The number of rotatable bonds is 8. The molecule has 3 nitrogen and oxygen atoms in total. The number of hydrogen-bond acceptors (Lipinski definition) is 3. The van der Waals surface area contributed by atoms with Crippen molar-refractivity contribution < 1.29 is 4.74 Å². The van der Waals surface area contributed by atoms with E-state index < -0.39 is 0 Å². The highest BCUT2D eigenvalue weighted by Gasteiger charge is 2.14. The van der Waals surface area contributed by atoms with Crippen LogP contribution in [0.3, 0.4) is 0 Å². The molecule has 30 heavy (non-hydrogen) atoms. The normalized spacial score (nSPS) is 11.7. The van der Waals surface area contributed by atoms with Gasteiger partial charge in [0.2, 0.25) is 0 Å². The van der Waals surface area contributed by atoms with Gasteiger partial charge in [-0.1, -0.05) is 61.5 Å². The summed E-state index contributed by atoms with van der Waals surface area (Å²) >= 11 is 0. The minimum absolute atomic E-state index is 0.656. The van der Waals surface area contributed by atoms with E-state index in [9.17, 15) is 5.26 Å². The van der Waals surface area contributed by atoms with Crippen LogP contribution < -0.4 is 4.74 Å². The topological polar surface area (TPSA) is 36.3 Å². The summed E-state index contributed by atoms with van der Waals surface area (Å²) in [7, 11) is 4.07.